The van der Waals surface area contributed by atoms with Crippen LogP contribution in [0.5, 0.6) is 0 Å². The van der Waals surface area contributed by atoms with Gasteiger partial charge in [-0.05, 0) is 31.5 Å². The number of nitrogens with one attached hydrogen (secondary N) is 1. The molecular weight excluding hydrogens is 220 g/mol. The first kappa shape index (κ1) is 15.0. The molecule has 0 amide bonds. The van der Waals surface area contributed by atoms with E-state index in [-0.39, 0.29) is 0 Å². The Bertz CT molecular complexity index is 332. The van der Waals surface area contributed by atoms with E-state index in [1.807, 2.05) is 7.05 Å². The van der Waals surface area contributed by atoms with Crippen LogP contribution in [0.4, 0.5) is 5.69 Å². The number of rotatable bonds is 8. The highest BCUT2D eigenvalue weighted by molar-refractivity contribution is 5.53. The Morgan fingerprint density at radius 1 is 1.11 bits per heavy atom. The SMILES string of the molecule is CCC(CC)CN(CC)c1ccccc1CNC. The van der Waals surface area contributed by atoms with E-state index in [2.05, 4.69) is 55.3 Å². The van der Waals surface area contributed by atoms with Crippen LogP contribution in [-0.2, 0) is 6.54 Å². The molecule has 0 unspecified atom stereocenters. The maximum Gasteiger partial charge on any atom is 0.0411 e. The first-order valence-electron chi connectivity index (χ1n) is 7.24. The van der Waals surface area contributed by atoms with Gasteiger partial charge in [-0.15, -0.1) is 0 Å². The molecule has 1 rings (SSSR count). The van der Waals surface area contributed by atoms with Crippen molar-refractivity contribution in [1.29, 1.82) is 0 Å². The Morgan fingerprint density at radius 3 is 2.33 bits per heavy atom. The largest absolute Gasteiger partial charge is 0.371 e. The summed E-state index contributed by atoms with van der Waals surface area (Å²) in [6.45, 7) is 10.0. The highest BCUT2D eigenvalue weighted by Gasteiger charge is 2.13. The Balaban J connectivity index is 2.86. The van der Waals surface area contributed by atoms with Gasteiger partial charge in [0.05, 0.1) is 0 Å². The van der Waals surface area contributed by atoms with Crippen molar-refractivity contribution in [2.75, 3.05) is 25.0 Å². The van der Waals surface area contributed by atoms with Gasteiger partial charge in [0.25, 0.3) is 0 Å². The van der Waals surface area contributed by atoms with E-state index in [9.17, 15) is 0 Å². The van der Waals surface area contributed by atoms with Gasteiger partial charge in [-0.3, -0.25) is 0 Å². The molecule has 18 heavy (non-hydrogen) atoms. The molecule has 1 aromatic carbocycles. The van der Waals surface area contributed by atoms with Gasteiger partial charge in [-0.2, -0.15) is 0 Å². The van der Waals surface area contributed by atoms with Crippen LogP contribution in [0, 0.1) is 5.92 Å². The van der Waals surface area contributed by atoms with Gasteiger partial charge in [0.15, 0.2) is 0 Å². The van der Waals surface area contributed by atoms with Gasteiger partial charge in [0.1, 0.15) is 0 Å². The summed E-state index contributed by atoms with van der Waals surface area (Å²) in [5.41, 5.74) is 2.79. The molecule has 0 saturated heterocycles. The Kier molecular flexibility index (Phi) is 6.81. The van der Waals surface area contributed by atoms with Crippen LogP contribution in [0.1, 0.15) is 39.2 Å². The molecular formula is C16H28N2. The van der Waals surface area contributed by atoms with Crippen molar-refractivity contribution in [3.05, 3.63) is 29.8 Å². The molecule has 0 saturated carbocycles. The fraction of sp³-hybridized carbons (Fsp3) is 0.625. The summed E-state index contributed by atoms with van der Waals surface area (Å²) < 4.78 is 0. The number of para-hydroxylation sites is 1. The lowest BCUT2D eigenvalue weighted by molar-refractivity contribution is 0.485. The third kappa shape index (κ3) is 4.02. The van der Waals surface area contributed by atoms with Crippen LogP contribution < -0.4 is 10.2 Å². The number of hydrogen-bond donors (Lipinski definition) is 1. The summed E-state index contributed by atoms with van der Waals surface area (Å²) in [5, 5.41) is 3.26. The van der Waals surface area contributed by atoms with E-state index >= 15 is 0 Å². The fourth-order valence-electron chi connectivity index (χ4n) is 2.42. The number of anilines is 1. The molecule has 1 aromatic rings. The molecule has 2 nitrogen and oxygen atoms in total. The highest BCUT2D eigenvalue weighted by atomic mass is 15.1. The first-order chi connectivity index (χ1) is 8.76. The van der Waals surface area contributed by atoms with Gasteiger partial charge < -0.3 is 10.2 Å². The molecule has 1 N–H and O–H groups in total. The molecule has 0 aliphatic rings. The quantitative estimate of drug-likeness (QED) is 0.755. The molecule has 0 aliphatic heterocycles. The maximum atomic E-state index is 3.26. The van der Waals surface area contributed by atoms with E-state index in [1.54, 1.807) is 0 Å². The summed E-state index contributed by atoms with van der Waals surface area (Å²) in [4.78, 5) is 2.52. The van der Waals surface area contributed by atoms with E-state index < -0.39 is 0 Å². The van der Waals surface area contributed by atoms with E-state index in [0.29, 0.717) is 0 Å². The normalized spacial score (nSPS) is 10.9. The summed E-state index contributed by atoms with van der Waals surface area (Å²) in [7, 11) is 2.01. The predicted molar refractivity (Wildman–Crippen MR) is 81.2 cm³/mol. The molecule has 102 valence electrons. The van der Waals surface area contributed by atoms with Crippen molar-refractivity contribution in [2.24, 2.45) is 5.92 Å². The third-order valence-electron chi connectivity index (χ3n) is 3.71. The molecule has 2 heteroatoms. The first-order valence-corrected chi connectivity index (χ1v) is 7.24. The van der Waals surface area contributed by atoms with Crippen molar-refractivity contribution in [1.82, 2.24) is 5.32 Å². The lowest BCUT2D eigenvalue weighted by Gasteiger charge is -2.29. The number of benzene rings is 1. The van der Waals surface area contributed by atoms with E-state index in [4.69, 9.17) is 0 Å². The minimum absolute atomic E-state index is 0.799. The highest BCUT2D eigenvalue weighted by Crippen LogP contribution is 2.22. The molecule has 0 aromatic heterocycles. The Morgan fingerprint density at radius 2 is 1.78 bits per heavy atom. The van der Waals surface area contributed by atoms with Crippen LogP contribution in [0.25, 0.3) is 0 Å². The zero-order chi connectivity index (χ0) is 13.4. The lowest BCUT2D eigenvalue weighted by atomic mass is 10.0. The Labute approximate surface area is 112 Å². The second kappa shape index (κ2) is 8.15. The van der Waals surface area contributed by atoms with Crippen LogP contribution in [0.3, 0.4) is 0 Å². The van der Waals surface area contributed by atoms with Crippen LogP contribution in [0.2, 0.25) is 0 Å². The van der Waals surface area contributed by atoms with Crippen LogP contribution >= 0.6 is 0 Å². The summed E-state index contributed by atoms with van der Waals surface area (Å²) in [5.74, 6) is 0.799. The van der Waals surface area contributed by atoms with Crippen molar-refractivity contribution in [3.63, 3.8) is 0 Å². The summed E-state index contributed by atoms with van der Waals surface area (Å²) in [6.07, 6.45) is 2.53. The summed E-state index contributed by atoms with van der Waals surface area (Å²) in [6, 6.07) is 8.74. The van der Waals surface area contributed by atoms with Crippen molar-refractivity contribution < 1.29 is 0 Å². The second-order valence-corrected chi connectivity index (χ2v) is 4.88. The zero-order valence-corrected chi connectivity index (χ0v) is 12.4. The zero-order valence-electron chi connectivity index (χ0n) is 12.4. The molecule has 0 spiro atoms. The monoisotopic (exact) mass is 248 g/mol. The molecule has 0 radical (unpaired) electrons. The summed E-state index contributed by atoms with van der Waals surface area (Å²) >= 11 is 0. The minimum atomic E-state index is 0.799. The van der Waals surface area contributed by atoms with Crippen molar-refractivity contribution in [3.8, 4) is 0 Å². The van der Waals surface area contributed by atoms with Gasteiger partial charge in [0, 0.05) is 25.3 Å². The van der Waals surface area contributed by atoms with Crippen molar-refractivity contribution >= 4 is 5.69 Å². The second-order valence-electron chi connectivity index (χ2n) is 4.88. The third-order valence-corrected chi connectivity index (χ3v) is 3.71. The lowest BCUT2D eigenvalue weighted by Crippen LogP contribution is -2.30. The fourth-order valence-corrected chi connectivity index (χ4v) is 2.42. The number of hydrogen-bond acceptors (Lipinski definition) is 2. The average Bonchev–Trinajstić information content (AvgIpc) is 2.42. The van der Waals surface area contributed by atoms with Crippen molar-refractivity contribution in [2.45, 2.75) is 40.2 Å². The maximum absolute atomic E-state index is 3.26. The average molecular weight is 248 g/mol. The number of nitrogens with zero attached hydrogens (tertiary/aromatic N) is 1. The topological polar surface area (TPSA) is 15.3 Å². The van der Waals surface area contributed by atoms with Crippen LogP contribution in [0.15, 0.2) is 24.3 Å². The van der Waals surface area contributed by atoms with Gasteiger partial charge in [-0.1, -0.05) is 44.9 Å². The minimum Gasteiger partial charge on any atom is -0.371 e. The van der Waals surface area contributed by atoms with E-state index in [1.165, 1.54) is 30.6 Å². The van der Waals surface area contributed by atoms with Gasteiger partial charge in [-0.25, -0.2) is 0 Å². The smallest absolute Gasteiger partial charge is 0.0411 e. The molecule has 0 atom stereocenters. The standard InChI is InChI=1S/C16H28N2/c1-5-14(6-2)13-18(7-3)16-11-9-8-10-15(16)12-17-4/h8-11,14,17H,5-7,12-13H2,1-4H3. The molecule has 0 aliphatic carbocycles. The molecule has 0 bridgehead atoms. The Hall–Kier alpha value is -1.02. The van der Waals surface area contributed by atoms with Gasteiger partial charge in [0.2, 0.25) is 0 Å². The predicted octanol–water partition coefficient (Wildman–Crippen LogP) is 3.67. The molecule has 0 fully saturated rings. The molecule has 0 heterocycles. The van der Waals surface area contributed by atoms with Gasteiger partial charge >= 0.3 is 0 Å². The van der Waals surface area contributed by atoms with Crippen LogP contribution in [-0.4, -0.2) is 20.1 Å². The van der Waals surface area contributed by atoms with E-state index in [0.717, 1.165) is 19.0 Å².